The average molecular weight is 336 g/mol. The van der Waals surface area contributed by atoms with Crippen LogP contribution in [-0.2, 0) is 0 Å². The second-order valence-electron chi connectivity index (χ2n) is 5.20. The number of aliphatic hydroxyl groups is 1. The molecule has 0 amide bonds. The zero-order valence-electron chi connectivity index (χ0n) is 10.7. The molecular weight excluding hydrogens is 320 g/mol. The molecule has 1 aromatic rings. The monoisotopic (exact) mass is 335 g/mol. The second kappa shape index (κ2) is 4.40. The molecule has 1 aliphatic rings. The van der Waals surface area contributed by atoms with Crippen LogP contribution in [0.25, 0.3) is 0 Å². The average Bonchev–Trinajstić information content (AvgIpc) is 2.35. The maximum absolute atomic E-state index is 14.2. The Kier molecular flexibility index (Phi) is 3.40. The van der Waals surface area contributed by atoms with Crippen LogP contribution in [0.4, 0.5) is 8.78 Å². The number of alkyl halides is 3. The van der Waals surface area contributed by atoms with Crippen LogP contribution in [0, 0.1) is 0 Å². The summed E-state index contributed by atoms with van der Waals surface area (Å²) >= 11 is 3.07. The van der Waals surface area contributed by atoms with Gasteiger partial charge in [-0.25, -0.2) is 8.78 Å². The molecule has 3 N–H and O–H groups in total. The number of hydrogen-bond acceptors (Lipinski definition) is 3. The van der Waals surface area contributed by atoms with E-state index in [4.69, 9.17) is 15.6 Å². The fourth-order valence-electron chi connectivity index (χ4n) is 2.55. The highest BCUT2D eigenvalue weighted by atomic mass is 79.9. The summed E-state index contributed by atoms with van der Waals surface area (Å²) in [5.74, 6) is -2.94. The third kappa shape index (κ3) is 1.88. The SMILES string of the molecule is CC1(C)Oc2ccccc2C(N)[C@]1(Br)C(F)(F)CO. The van der Waals surface area contributed by atoms with Crippen LogP contribution in [-0.4, -0.2) is 27.6 Å². The molecule has 0 bridgehead atoms. The van der Waals surface area contributed by atoms with Crippen LogP contribution < -0.4 is 10.5 Å². The summed E-state index contributed by atoms with van der Waals surface area (Å²) in [6.07, 6.45) is 0. The third-order valence-electron chi connectivity index (χ3n) is 3.65. The van der Waals surface area contributed by atoms with Gasteiger partial charge in [-0.05, 0) is 19.9 Å². The minimum Gasteiger partial charge on any atom is -0.486 e. The van der Waals surface area contributed by atoms with Gasteiger partial charge >= 0.3 is 0 Å². The van der Waals surface area contributed by atoms with Gasteiger partial charge in [0.15, 0.2) is 0 Å². The van der Waals surface area contributed by atoms with Crippen LogP contribution in [0.3, 0.4) is 0 Å². The summed E-state index contributed by atoms with van der Waals surface area (Å²) < 4.78 is 32.2. The van der Waals surface area contributed by atoms with Crippen LogP contribution in [0.5, 0.6) is 5.75 Å². The Morgan fingerprint density at radius 1 is 1.42 bits per heavy atom. The Balaban J connectivity index is 2.63. The van der Waals surface area contributed by atoms with Crippen molar-refractivity contribution in [1.82, 2.24) is 0 Å². The Morgan fingerprint density at radius 3 is 2.58 bits per heavy atom. The Hall–Kier alpha value is -0.720. The lowest BCUT2D eigenvalue weighted by atomic mass is 9.75. The highest BCUT2D eigenvalue weighted by molar-refractivity contribution is 9.10. The topological polar surface area (TPSA) is 55.5 Å². The van der Waals surface area contributed by atoms with E-state index in [0.29, 0.717) is 11.3 Å². The Bertz CT molecular complexity index is 495. The van der Waals surface area contributed by atoms with Crippen molar-refractivity contribution in [1.29, 1.82) is 0 Å². The molecule has 0 saturated carbocycles. The molecule has 3 nitrogen and oxygen atoms in total. The highest BCUT2D eigenvalue weighted by Crippen LogP contribution is 2.56. The first-order valence-electron chi connectivity index (χ1n) is 5.88. The highest BCUT2D eigenvalue weighted by Gasteiger charge is 2.67. The Morgan fingerprint density at radius 2 is 2.00 bits per heavy atom. The van der Waals surface area contributed by atoms with Crippen molar-refractivity contribution in [3.8, 4) is 5.75 Å². The number of rotatable bonds is 2. The fraction of sp³-hybridized carbons (Fsp3) is 0.538. The summed E-state index contributed by atoms with van der Waals surface area (Å²) in [5.41, 5.74) is 5.25. The van der Waals surface area contributed by atoms with Crippen molar-refractivity contribution in [3.05, 3.63) is 29.8 Å². The van der Waals surface area contributed by atoms with E-state index in [1.165, 1.54) is 13.8 Å². The summed E-state index contributed by atoms with van der Waals surface area (Å²) in [6, 6.07) is 5.81. The number of para-hydroxylation sites is 1. The number of ether oxygens (including phenoxy) is 1. The van der Waals surface area contributed by atoms with E-state index in [1.807, 2.05) is 0 Å². The summed E-state index contributed by atoms with van der Waals surface area (Å²) in [6.45, 7) is 1.75. The van der Waals surface area contributed by atoms with Gasteiger partial charge in [-0.3, -0.25) is 0 Å². The number of aliphatic hydroxyl groups excluding tert-OH is 1. The van der Waals surface area contributed by atoms with Crippen molar-refractivity contribution in [2.24, 2.45) is 5.73 Å². The second-order valence-corrected chi connectivity index (χ2v) is 6.45. The molecular formula is C13H16BrF2NO2. The van der Waals surface area contributed by atoms with Gasteiger partial charge < -0.3 is 15.6 Å². The van der Waals surface area contributed by atoms with Gasteiger partial charge in [0.1, 0.15) is 22.3 Å². The molecule has 6 heteroatoms. The fourth-order valence-corrected chi connectivity index (χ4v) is 3.00. The normalized spacial score (nSPS) is 29.5. The van der Waals surface area contributed by atoms with E-state index in [9.17, 15) is 8.78 Å². The van der Waals surface area contributed by atoms with Gasteiger partial charge in [0.25, 0.3) is 5.92 Å². The molecule has 0 saturated heterocycles. The minimum absolute atomic E-state index is 0.490. The Labute approximate surface area is 118 Å². The van der Waals surface area contributed by atoms with Crippen LogP contribution in [0.2, 0.25) is 0 Å². The molecule has 2 atom stereocenters. The van der Waals surface area contributed by atoms with E-state index < -0.39 is 28.5 Å². The van der Waals surface area contributed by atoms with Crippen LogP contribution >= 0.6 is 15.9 Å². The third-order valence-corrected chi connectivity index (χ3v) is 5.68. The summed E-state index contributed by atoms with van der Waals surface area (Å²) in [4.78, 5) is 0. The number of fused-ring (bicyclic) bond motifs is 1. The van der Waals surface area contributed by atoms with Gasteiger partial charge in [-0.1, -0.05) is 34.1 Å². The molecule has 1 heterocycles. The molecule has 2 rings (SSSR count). The standard InChI is InChI=1S/C13H16BrF2NO2/c1-11(2)13(14,12(15,16)7-18)10(17)8-5-3-4-6-9(8)19-11/h3-6,10,18H,7,17H2,1-2H3/t10?,13-/m1/s1. The molecule has 0 fully saturated rings. The maximum Gasteiger partial charge on any atom is 0.291 e. The summed E-state index contributed by atoms with van der Waals surface area (Å²) in [5, 5.41) is 9.02. The van der Waals surface area contributed by atoms with Crippen molar-refractivity contribution >= 4 is 15.9 Å². The molecule has 0 aliphatic carbocycles. The molecule has 0 spiro atoms. The lowest BCUT2D eigenvalue weighted by Crippen LogP contribution is -2.68. The van der Waals surface area contributed by atoms with Crippen LogP contribution in [0.15, 0.2) is 24.3 Å². The first-order valence-corrected chi connectivity index (χ1v) is 6.68. The van der Waals surface area contributed by atoms with Gasteiger partial charge in [0.2, 0.25) is 0 Å². The molecule has 1 unspecified atom stereocenters. The lowest BCUT2D eigenvalue weighted by molar-refractivity contribution is -0.142. The number of nitrogens with two attached hydrogens (primary N) is 1. The number of benzene rings is 1. The molecule has 1 aliphatic heterocycles. The van der Waals surface area contributed by atoms with E-state index >= 15 is 0 Å². The van der Waals surface area contributed by atoms with E-state index in [0.717, 1.165) is 0 Å². The van der Waals surface area contributed by atoms with E-state index in [2.05, 4.69) is 15.9 Å². The number of hydrogen-bond donors (Lipinski definition) is 2. The zero-order valence-corrected chi connectivity index (χ0v) is 12.2. The van der Waals surface area contributed by atoms with Gasteiger partial charge in [0.05, 0.1) is 6.04 Å². The van der Waals surface area contributed by atoms with Crippen molar-refractivity contribution in [2.75, 3.05) is 6.61 Å². The first-order chi connectivity index (χ1) is 8.67. The lowest BCUT2D eigenvalue weighted by Gasteiger charge is -2.52. The minimum atomic E-state index is -3.43. The van der Waals surface area contributed by atoms with Crippen molar-refractivity contribution in [2.45, 2.75) is 35.7 Å². The molecule has 106 valence electrons. The van der Waals surface area contributed by atoms with Gasteiger partial charge in [-0.2, -0.15) is 0 Å². The largest absolute Gasteiger partial charge is 0.486 e. The van der Waals surface area contributed by atoms with E-state index in [1.54, 1.807) is 24.3 Å². The van der Waals surface area contributed by atoms with Gasteiger partial charge in [0, 0.05) is 5.56 Å². The quantitative estimate of drug-likeness (QED) is 0.817. The summed E-state index contributed by atoms with van der Waals surface area (Å²) in [7, 11) is 0. The van der Waals surface area contributed by atoms with Crippen molar-refractivity contribution in [3.63, 3.8) is 0 Å². The smallest absolute Gasteiger partial charge is 0.291 e. The molecule has 1 aromatic carbocycles. The number of halogens is 3. The predicted molar refractivity (Wildman–Crippen MR) is 71.8 cm³/mol. The van der Waals surface area contributed by atoms with Crippen molar-refractivity contribution < 1.29 is 18.6 Å². The molecule has 19 heavy (non-hydrogen) atoms. The maximum atomic E-state index is 14.2. The van der Waals surface area contributed by atoms with E-state index in [-0.39, 0.29) is 0 Å². The van der Waals surface area contributed by atoms with Crippen LogP contribution in [0.1, 0.15) is 25.5 Å². The molecule has 0 aromatic heterocycles. The zero-order chi connectivity index (χ0) is 14.5. The first kappa shape index (κ1) is 14.7. The predicted octanol–water partition coefficient (Wildman–Crippen LogP) is 2.62. The molecule has 0 radical (unpaired) electrons. The van der Waals surface area contributed by atoms with Gasteiger partial charge in [-0.15, -0.1) is 0 Å².